The molecule has 1 aliphatic rings. The first kappa shape index (κ1) is 24.1. The Labute approximate surface area is 214 Å². The van der Waals surface area contributed by atoms with Crippen molar-refractivity contribution in [1.82, 2.24) is 19.7 Å². The number of aromatic nitrogens is 3. The van der Waals surface area contributed by atoms with Crippen LogP contribution in [-0.4, -0.2) is 43.8 Å². The van der Waals surface area contributed by atoms with E-state index in [0.717, 1.165) is 40.7 Å². The van der Waals surface area contributed by atoms with Crippen molar-refractivity contribution in [1.29, 1.82) is 0 Å². The van der Waals surface area contributed by atoms with E-state index in [9.17, 15) is 9.59 Å². The highest BCUT2D eigenvalue weighted by atomic mass is 32.2. The van der Waals surface area contributed by atoms with Crippen LogP contribution in [0.25, 0.3) is 10.8 Å². The minimum Gasteiger partial charge on any atom is -0.328 e. The van der Waals surface area contributed by atoms with E-state index >= 15 is 0 Å². The van der Waals surface area contributed by atoms with Crippen molar-refractivity contribution in [3.8, 4) is 0 Å². The highest BCUT2D eigenvalue weighted by Crippen LogP contribution is 2.34. The fraction of sp³-hybridized carbons (Fsp3) is 0.286. The Bertz CT molecular complexity index is 1420. The lowest BCUT2D eigenvalue weighted by Gasteiger charge is -2.24. The van der Waals surface area contributed by atoms with Gasteiger partial charge in [-0.25, -0.2) is 0 Å². The number of thioether (sulfide) groups is 1. The quantitative estimate of drug-likeness (QED) is 0.341. The van der Waals surface area contributed by atoms with E-state index in [0.29, 0.717) is 23.8 Å². The monoisotopic (exact) mass is 499 g/mol. The molecular formula is C28H29N5O2S. The average molecular weight is 500 g/mol. The van der Waals surface area contributed by atoms with Gasteiger partial charge in [-0.05, 0) is 61.7 Å². The molecule has 8 heteroatoms. The number of fused-ring (bicyclic) bond motifs is 1. The lowest BCUT2D eigenvalue weighted by Crippen LogP contribution is -2.32. The fourth-order valence-corrected chi connectivity index (χ4v) is 5.58. The third-order valence-corrected chi connectivity index (χ3v) is 7.47. The number of aryl methyl sites for hydroxylation is 1. The van der Waals surface area contributed by atoms with Crippen molar-refractivity contribution in [2.45, 2.75) is 44.4 Å². The molecule has 0 aliphatic carbocycles. The van der Waals surface area contributed by atoms with Crippen molar-refractivity contribution in [2.75, 3.05) is 17.6 Å². The number of hydrogen-bond donors (Lipinski definition) is 1. The molecule has 184 valence electrons. The third kappa shape index (κ3) is 4.99. The van der Waals surface area contributed by atoms with E-state index in [4.69, 9.17) is 0 Å². The third-order valence-electron chi connectivity index (χ3n) is 6.50. The maximum atomic E-state index is 13.3. The van der Waals surface area contributed by atoms with Crippen LogP contribution >= 0.6 is 11.8 Å². The first-order valence-corrected chi connectivity index (χ1v) is 13.2. The van der Waals surface area contributed by atoms with Crippen molar-refractivity contribution < 1.29 is 9.59 Å². The average Bonchev–Trinajstić information content (AvgIpc) is 3.53. The Balaban J connectivity index is 1.27. The number of anilines is 1. The van der Waals surface area contributed by atoms with E-state index in [1.165, 1.54) is 11.8 Å². The Morgan fingerprint density at radius 1 is 1.03 bits per heavy atom. The summed E-state index contributed by atoms with van der Waals surface area (Å²) >= 11 is 1.36. The topological polar surface area (TPSA) is 80.1 Å². The fourth-order valence-electron chi connectivity index (χ4n) is 4.77. The molecule has 4 aromatic rings. The molecule has 0 bridgehead atoms. The van der Waals surface area contributed by atoms with Crippen LogP contribution in [0.3, 0.4) is 0 Å². The summed E-state index contributed by atoms with van der Waals surface area (Å²) in [5, 5.41) is 14.8. The maximum Gasteiger partial charge on any atom is 0.254 e. The second-order valence-corrected chi connectivity index (χ2v) is 9.95. The number of nitrogens with one attached hydrogen (secondary N) is 1. The zero-order chi connectivity index (χ0) is 25.1. The summed E-state index contributed by atoms with van der Waals surface area (Å²) in [4.78, 5) is 27.8. The van der Waals surface area contributed by atoms with Gasteiger partial charge in [0.1, 0.15) is 0 Å². The van der Waals surface area contributed by atoms with Crippen LogP contribution in [0.4, 0.5) is 5.69 Å². The van der Waals surface area contributed by atoms with Gasteiger partial charge in [-0.1, -0.05) is 59.8 Å². The molecule has 1 aliphatic heterocycles. The van der Waals surface area contributed by atoms with Crippen LogP contribution in [-0.2, 0) is 11.3 Å². The summed E-state index contributed by atoms with van der Waals surface area (Å²) < 4.78 is 2.03. The smallest absolute Gasteiger partial charge is 0.254 e. The molecule has 0 saturated carbocycles. The van der Waals surface area contributed by atoms with E-state index in [1.807, 2.05) is 90.0 Å². The molecule has 1 aromatic heterocycles. The molecule has 1 atom stereocenters. The molecule has 0 spiro atoms. The van der Waals surface area contributed by atoms with E-state index in [-0.39, 0.29) is 23.6 Å². The van der Waals surface area contributed by atoms with Crippen LogP contribution in [0.5, 0.6) is 0 Å². The molecular weight excluding hydrogens is 470 g/mol. The summed E-state index contributed by atoms with van der Waals surface area (Å²) in [5.74, 6) is 0.936. The minimum atomic E-state index is -0.119. The summed E-state index contributed by atoms with van der Waals surface area (Å²) in [6.45, 7) is 5.39. The van der Waals surface area contributed by atoms with Crippen molar-refractivity contribution in [2.24, 2.45) is 0 Å². The predicted octanol–water partition coefficient (Wildman–Crippen LogP) is 5.47. The summed E-state index contributed by atoms with van der Waals surface area (Å²) in [5.41, 5.74) is 2.53. The van der Waals surface area contributed by atoms with Crippen LogP contribution in [0.2, 0.25) is 0 Å². The first-order valence-electron chi connectivity index (χ1n) is 12.3. The Hall–Kier alpha value is -3.65. The Morgan fingerprint density at radius 3 is 2.67 bits per heavy atom. The van der Waals surface area contributed by atoms with Crippen LogP contribution < -0.4 is 5.32 Å². The molecule has 36 heavy (non-hydrogen) atoms. The number of carbonyl (C=O) groups excluding carboxylic acids is 2. The van der Waals surface area contributed by atoms with Gasteiger partial charge in [0.2, 0.25) is 5.91 Å². The Morgan fingerprint density at radius 2 is 1.86 bits per heavy atom. The molecule has 3 aromatic carbocycles. The maximum absolute atomic E-state index is 13.3. The molecule has 2 heterocycles. The van der Waals surface area contributed by atoms with Gasteiger partial charge in [-0.2, -0.15) is 0 Å². The summed E-state index contributed by atoms with van der Waals surface area (Å²) in [6, 6.07) is 21.5. The SMILES string of the molecule is CCn1c(SCC(=O)Nc2ccc3ccccc3c2)nnc1C1CCCN1C(=O)c1cccc(C)c1. The predicted molar refractivity (Wildman–Crippen MR) is 143 cm³/mol. The van der Waals surface area contributed by atoms with E-state index < -0.39 is 0 Å². The highest BCUT2D eigenvalue weighted by Gasteiger charge is 2.34. The number of benzene rings is 3. The van der Waals surface area contributed by atoms with Gasteiger partial charge in [0.15, 0.2) is 11.0 Å². The number of amides is 2. The molecule has 7 nitrogen and oxygen atoms in total. The number of hydrogen-bond acceptors (Lipinski definition) is 5. The van der Waals surface area contributed by atoms with Gasteiger partial charge in [0.05, 0.1) is 11.8 Å². The van der Waals surface area contributed by atoms with E-state index in [2.05, 4.69) is 15.5 Å². The molecule has 1 N–H and O–H groups in total. The number of rotatable bonds is 7. The normalized spacial score (nSPS) is 15.4. The Kier molecular flexibility index (Phi) is 7.04. The molecule has 0 radical (unpaired) electrons. The first-order chi connectivity index (χ1) is 17.5. The van der Waals surface area contributed by atoms with Gasteiger partial charge in [0, 0.05) is 24.3 Å². The van der Waals surface area contributed by atoms with Gasteiger partial charge in [0.25, 0.3) is 5.91 Å². The van der Waals surface area contributed by atoms with Crippen molar-refractivity contribution in [3.05, 3.63) is 83.7 Å². The van der Waals surface area contributed by atoms with Crippen LogP contribution in [0.15, 0.2) is 71.9 Å². The van der Waals surface area contributed by atoms with Crippen LogP contribution in [0.1, 0.15) is 47.6 Å². The number of likely N-dealkylation sites (tertiary alicyclic amines) is 1. The minimum absolute atomic E-state index is 0.0239. The standard InChI is InChI=1S/C28H29N5O2S/c1-3-32-26(24-12-7-15-33(24)27(35)22-11-6-8-19(2)16-22)30-31-28(32)36-18-25(34)29-23-14-13-20-9-4-5-10-21(20)17-23/h4-6,8-11,13-14,16-17,24H,3,7,12,15,18H2,1-2H3,(H,29,34). The second kappa shape index (κ2) is 10.5. The lowest BCUT2D eigenvalue weighted by molar-refractivity contribution is -0.113. The van der Waals surface area contributed by atoms with E-state index in [1.54, 1.807) is 0 Å². The largest absolute Gasteiger partial charge is 0.328 e. The molecule has 1 saturated heterocycles. The second-order valence-electron chi connectivity index (χ2n) is 9.01. The summed E-state index contributed by atoms with van der Waals surface area (Å²) in [6.07, 6.45) is 1.78. The van der Waals surface area contributed by atoms with Gasteiger partial charge < -0.3 is 14.8 Å². The number of carbonyl (C=O) groups is 2. The number of nitrogens with zero attached hydrogens (tertiary/aromatic N) is 4. The van der Waals surface area contributed by atoms with Crippen molar-refractivity contribution in [3.63, 3.8) is 0 Å². The van der Waals surface area contributed by atoms with Crippen LogP contribution in [0, 0.1) is 6.92 Å². The van der Waals surface area contributed by atoms with Gasteiger partial charge >= 0.3 is 0 Å². The lowest BCUT2D eigenvalue weighted by atomic mass is 10.1. The summed E-state index contributed by atoms with van der Waals surface area (Å²) in [7, 11) is 0. The van der Waals surface area contributed by atoms with Gasteiger partial charge in [-0.3, -0.25) is 9.59 Å². The molecule has 2 amide bonds. The van der Waals surface area contributed by atoms with Crippen molar-refractivity contribution >= 4 is 40.0 Å². The molecule has 1 fully saturated rings. The van der Waals surface area contributed by atoms with Gasteiger partial charge in [-0.15, -0.1) is 10.2 Å². The molecule has 1 unspecified atom stereocenters. The highest BCUT2D eigenvalue weighted by molar-refractivity contribution is 7.99. The zero-order valence-electron chi connectivity index (χ0n) is 20.5. The zero-order valence-corrected chi connectivity index (χ0v) is 21.3. The molecule has 5 rings (SSSR count).